The van der Waals surface area contributed by atoms with Gasteiger partial charge in [0.1, 0.15) is 5.73 Å². The van der Waals surface area contributed by atoms with Crippen LogP contribution < -0.4 is 0 Å². The highest BCUT2D eigenvalue weighted by Crippen LogP contribution is 2.39. The second-order valence-electron chi connectivity index (χ2n) is 8.20. The van der Waals surface area contributed by atoms with Crippen molar-refractivity contribution in [2.24, 2.45) is 5.41 Å². The van der Waals surface area contributed by atoms with E-state index in [1.165, 1.54) is 6.08 Å². The molecule has 1 aliphatic rings. The number of halogens is 1. The van der Waals surface area contributed by atoms with Gasteiger partial charge in [0.25, 0.3) is 0 Å². The van der Waals surface area contributed by atoms with Crippen LogP contribution in [0.25, 0.3) is 6.08 Å². The lowest BCUT2D eigenvalue weighted by molar-refractivity contribution is 0.00578. The average Bonchev–Trinajstić information content (AvgIpc) is 2.66. The molecule has 1 fully saturated rings. The maximum Gasteiger partial charge on any atom is 0.525 e. The lowest BCUT2D eigenvalue weighted by Gasteiger charge is -2.32. The molecule has 1 aromatic rings. The fourth-order valence-corrected chi connectivity index (χ4v) is 2.16. The van der Waals surface area contributed by atoms with Gasteiger partial charge in [-0.15, -0.1) is 0 Å². The lowest BCUT2D eigenvalue weighted by Crippen LogP contribution is -2.41. The third kappa shape index (κ3) is 4.29. The SMILES string of the molecule is CC(C)(C)C#Cc1ccccc1C=C(F)B1OC(C)(C)C(C)(C)O1. The molecule has 0 atom stereocenters. The molecule has 1 saturated heterocycles. The Morgan fingerprint density at radius 1 is 1.08 bits per heavy atom. The molecule has 128 valence electrons. The lowest BCUT2D eigenvalue weighted by atomic mass is 9.86. The zero-order chi connectivity index (χ0) is 18.2. The highest BCUT2D eigenvalue weighted by atomic mass is 19.1. The van der Waals surface area contributed by atoms with Crippen LogP contribution in [0.15, 0.2) is 30.0 Å². The number of hydrogen-bond acceptors (Lipinski definition) is 2. The molecule has 1 heterocycles. The molecule has 0 amide bonds. The summed E-state index contributed by atoms with van der Waals surface area (Å²) in [5.41, 5.74) is -0.164. The van der Waals surface area contributed by atoms with Gasteiger partial charge in [0.15, 0.2) is 0 Å². The van der Waals surface area contributed by atoms with Gasteiger partial charge < -0.3 is 9.31 Å². The highest BCUT2D eigenvalue weighted by Gasteiger charge is 2.53. The van der Waals surface area contributed by atoms with E-state index in [0.717, 1.165) is 11.1 Å². The van der Waals surface area contributed by atoms with E-state index in [2.05, 4.69) is 11.8 Å². The van der Waals surface area contributed by atoms with Crippen molar-refractivity contribution in [3.63, 3.8) is 0 Å². The van der Waals surface area contributed by atoms with Crippen LogP contribution >= 0.6 is 0 Å². The van der Waals surface area contributed by atoms with Gasteiger partial charge >= 0.3 is 7.12 Å². The molecule has 0 aliphatic carbocycles. The zero-order valence-electron chi connectivity index (χ0n) is 15.7. The first-order valence-electron chi connectivity index (χ1n) is 8.26. The van der Waals surface area contributed by atoms with Gasteiger partial charge in [-0.05, 0) is 66.2 Å². The molecule has 0 spiro atoms. The van der Waals surface area contributed by atoms with Crippen LogP contribution in [0.1, 0.15) is 59.6 Å². The van der Waals surface area contributed by atoms with E-state index in [-0.39, 0.29) is 5.41 Å². The normalized spacial score (nSPS) is 19.8. The van der Waals surface area contributed by atoms with Crippen molar-refractivity contribution in [2.75, 3.05) is 0 Å². The van der Waals surface area contributed by atoms with E-state index in [9.17, 15) is 4.39 Å². The second kappa shape index (κ2) is 6.39. The monoisotopic (exact) mass is 328 g/mol. The fourth-order valence-electron chi connectivity index (χ4n) is 2.16. The van der Waals surface area contributed by atoms with E-state index in [0.29, 0.717) is 0 Å². The van der Waals surface area contributed by atoms with Crippen molar-refractivity contribution in [1.82, 2.24) is 0 Å². The topological polar surface area (TPSA) is 18.5 Å². The summed E-state index contributed by atoms with van der Waals surface area (Å²) in [6.45, 7) is 13.8. The molecule has 0 unspecified atom stereocenters. The Labute approximate surface area is 145 Å². The van der Waals surface area contributed by atoms with Crippen molar-refractivity contribution < 1.29 is 13.7 Å². The Kier molecular flexibility index (Phi) is 5.00. The first kappa shape index (κ1) is 18.8. The van der Waals surface area contributed by atoms with Crippen LogP contribution in [0, 0.1) is 17.3 Å². The van der Waals surface area contributed by atoms with Crippen LogP contribution in [0.2, 0.25) is 0 Å². The van der Waals surface area contributed by atoms with Crippen molar-refractivity contribution in [1.29, 1.82) is 0 Å². The molecular formula is C20H26BFO2. The van der Waals surface area contributed by atoms with E-state index in [4.69, 9.17) is 9.31 Å². The summed E-state index contributed by atoms with van der Waals surface area (Å²) in [6, 6.07) is 7.50. The highest BCUT2D eigenvalue weighted by molar-refractivity contribution is 6.54. The summed E-state index contributed by atoms with van der Waals surface area (Å²) < 4.78 is 26.2. The Morgan fingerprint density at radius 3 is 2.17 bits per heavy atom. The predicted octanol–water partition coefficient (Wildman–Crippen LogP) is 5.03. The van der Waals surface area contributed by atoms with Gasteiger partial charge in [-0.3, -0.25) is 0 Å². The van der Waals surface area contributed by atoms with E-state index in [1.807, 2.05) is 72.7 Å². The quantitative estimate of drug-likeness (QED) is 0.560. The summed E-state index contributed by atoms with van der Waals surface area (Å²) in [5.74, 6) is 6.32. The van der Waals surface area contributed by atoms with Gasteiger partial charge in [-0.25, -0.2) is 4.39 Å². The van der Waals surface area contributed by atoms with E-state index < -0.39 is 24.0 Å². The Hall–Kier alpha value is -1.57. The Bertz CT molecular complexity index is 686. The average molecular weight is 328 g/mol. The van der Waals surface area contributed by atoms with Gasteiger partial charge in [0.05, 0.1) is 11.2 Å². The third-order valence-corrected chi connectivity index (χ3v) is 4.30. The molecule has 4 heteroatoms. The minimum absolute atomic E-state index is 0.110. The van der Waals surface area contributed by atoms with Gasteiger partial charge in [0.2, 0.25) is 0 Å². The van der Waals surface area contributed by atoms with E-state index >= 15 is 0 Å². The molecule has 1 aliphatic heterocycles. The largest absolute Gasteiger partial charge is 0.525 e. The third-order valence-electron chi connectivity index (χ3n) is 4.30. The number of benzene rings is 1. The summed E-state index contributed by atoms with van der Waals surface area (Å²) >= 11 is 0. The smallest absolute Gasteiger partial charge is 0.398 e. The maximum absolute atomic E-state index is 14.7. The predicted molar refractivity (Wildman–Crippen MR) is 97.9 cm³/mol. The van der Waals surface area contributed by atoms with Crippen LogP contribution in [-0.4, -0.2) is 18.3 Å². The van der Waals surface area contributed by atoms with Gasteiger partial charge in [-0.1, -0.05) is 30.0 Å². The first-order valence-corrected chi connectivity index (χ1v) is 8.26. The standard InChI is InChI=1S/C20H26BFO2/c1-18(2,3)13-12-15-10-8-9-11-16(15)14-17(22)21-23-19(4,5)20(6,7)24-21/h8-11,14H,1-7H3. The molecule has 2 nitrogen and oxygen atoms in total. The first-order chi connectivity index (χ1) is 10.9. The molecule has 0 bridgehead atoms. The van der Waals surface area contributed by atoms with E-state index in [1.54, 1.807) is 0 Å². The zero-order valence-corrected chi connectivity index (χ0v) is 15.7. The second-order valence-corrected chi connectivity index (χ2v) is 8.20. The number of hydrogen-bond donors (Lipinski definition) is 0. The summed E-state index contributed by atoms with van der Waals surface area (Å²) in [5, 5.41) is 0. The molecule has 24 heavy (non-hydrogen) atoms. The molecule has 0 aromatic heterocycles. The van der Waals surface area contributed by atoms with Gasteiger partial charge in [-0.2, -0.15) is 0 Å². The molecular weight excluding hydrogens is 302 g/mol. The molecule has 0 N–H and O–H groups in total. The summed E-state index contributed by atoms with van der Waals surface area (Å²) in [6.07, 6.45) is 1.45. The number of rotatable bonds is 2. The van der Waals surface area contributed by atoms with Crippen molar-refractivity contribution >= 4 is 13.2 Å². The van der Waals surface area contributed by atoms with Crippen LogP contribution in [-0.2, 0) is 9.31 Å². The minimum Gasteiger partial charge on any atom is -0.398 e. The van der Waals surface area contributed by atoms with Crippen molar-refractivity contribution in [2.45, 2.75) is 59.7 Å². The Balaban J connectivity index is 2.30. The van der Waals surface area contributed by atoms with Crippen molar-refractivity contribution in [3.05, 3.63) is 41.1 Å². The molecule has 0 radical (unpaired) electrons. The van der Waals surface area contributed by atoms with Crippen LogP contribution in [0.4, 0.5) is 4.39 Å². The maximum atomic E-state index is 14.7. The minimum atomic E-state index is -0.987. The Morgan fingerprint density at radius 2 is 1.62 bits per heavy atom. The molecule has 1 aromatic carbocycles. The molecule has 2 rings (SSSR count). The molecule has 0 saturated carbocycles. The summed E-state index contributed by atoms with van der Waals surface area (Å²) in [7, 11) is -0.987. The fraction of sp³-hybridized carbons (Fsp3) is 0.500. The van der Waals surface area contributed by atoms with Crippen LogP contribution in [0.3, 0.4) is 0 Å². The van der Waals surface area contributed by atoms with Gasteiger partial charge in [0, 0.05) is 11.0 Å². The summed E-state index contributed by atoms with van der Waals surface area (Å²) in [4.78, 5) is 0. The van der Waals surface area contributed by atoms with Crippen molar-refractivity contribution in [3.8, 4) is 11.8 Å². The van der Waals surface area contributed by atoms with Crippen LogP contribution in [0.5, 0.6) is 0 Å².